The third kappa shape index (κ3) is 4.32. The van der Waals surface area contributed by atoms with Crippen LogP contribution in [0.15, 0.2) is 88.9 Å². The molecule has 1 fully saturated rings. The summed E-state index contributed by atoms with van der Waals surface area (Å²) < 4.78 is 6.36. The molecule has 1 aliphatic heterocycles. The predicted molar refractivity (Wildman–Crippen MR) is 131 cm³/mol. The molecule has 3 aromatic carbocycles. The van der Waals surface area contributed by atoms with Crippen molar-refractivity contribution < 1.29 is 14.3 Å². The van der Waals surface area contributed by atoms with Crippen LogP contribution in [-0.4, -0.2) is 31.5 Å². The average molecular weight is 491 g/mol. The highest BCUT2D eigenvalue weighted by Gasteiger charge is 2.42. The first kappa shape index (κ1) is 21.8. The first-order valence-corrected chi connectivity index (χ1v) is 11.0. The zero-order valence-corrected chi connectivity index (χ0v) is 19.5. The van der Waals surface area contributed by atoms with Crippen LogP contribution in [0.1, 0.15) is 12.5 Å². The lowest BCUT2D eigenvalue weighted by molar-refractivity contribution is -0.127. The Kier molecular flexibility index (Phi) is 6.42. The van der Waals surface area contributed by atoms with Crippen LogP contribution in [0.25, 0.3) is 6.08 Å². The molecule has 0 spiro atoms. The second-order valence-electron chi connectivity index (χ2n) is 7.54. The number of methoxy groups -OCH3 is 1. The fourth-order valence-electron chi connectivity index (χ4n) is 3.93. The summed E-state index contributed by atoms with van der Waals surface area (Å²) in [6.45, 7) is 1.82. The Morgan fingerprint density at radius 2 is 1.62 bits per heavy atom. The third-order valence-corrected chi connectivity index (χ3v) is 5.95. The molecule has 162 valence electrons. The van der Waals surface area contributed by atoms with Gasteiger partial charge in [0.15, 0.2) is 0 Å². The van der Waals surface area contributed by atoms with Crippen molar-refractivity contribution in [1.82, 2.24) is 0 Å². The van der Waals surface area contributed by atoms with Gasteiger partial charge in [-0.25, -0.2) is 0 Å². The highest BCUT2D eigenvalue weighted by molar-refractivity contribution is 9.10. The van der Waals surface area contributed by atoms with Gasteiger partial charge in [-0.3, -0.25) is 19.4 Å². The van der Waals surface area contributed by atoms with Crippen molar-refractivity contribution in [1.29, 1.82) is 0 Å². The van der Waals surface area contributed by atoms with E-state index in [-0.39, 0.29) is 18.4 Å². The van der Waals surface area contributed by atoms with Crippen molar-refractivity contribution in [3.63, 3.8) is 0 Å². The van der Waals surface area contributed by atoms with Crippen LogP contribution in [0.3, 0.4) is 0 Å². The maximum Gasteiger partial charge on any atom is 0.255 e. The van der Waals surface area contributed by atoms with Crippen LogP contribution in [0.5, 0.6) is 5.75 Å². The Bertz CT molecular complexity index is 1160. The molecule has 0 bridgehead atoms. The van der Waals surface area contributed by atoms with Gasteiger partial charge >= 0.3 is 0 Å². The molecular weight excluding hydrogens is 468 g/mol. The molecule has 2 amide bonds. The number of carbonyl (C=O) groups is 2. The van der Waals surface area contributed by atoms with Gasteiger partial charge in [0.25, 0.3) is 5.91 Å². The number of hydrogen-bond acceptors (Lipinski definition) is 3. The molecule has 3 aromatic rings. The summed E-state index contributed by atoms with van der Waals surface area (Å²) in [6.07, 6.45) is 1.95. The molecule has 5 nitrogen and oxygen atoms in total. The van der Waals surface area contributed by atoms with E-state index in [1.807, 2.05) is 79.7 Å². The van der Waals surface area contributed by atoms with Gasteiger partial charge in [-0.2, -0.15) is 0 Å². The van der Waals surface area contributed by atoms with E-state index in [9.17, 15) is 9.59 Å². The largest absolute Gasteiger partial charge is 0.495 e. The van der Waals surface area contributed by atoms with Gasteiger partial charge in [-0.15, -0.1) is 0 Å². The number of halogens is 1. The van der Waals surface area contributed by atoms with Crippen LogP contribution in [-0.2, 0) is 9.59 Å². The van der Waals surface area contributed by atoms with E-state index in [0.29, 0.717) is 17.1 Å². The summed E-state index contributed by atoms with van der Waals surface area (Å²) >= 11 is 3.44. The van der Waals surface area contributed by atoms with Crippen molar-refractivity contribution in [2.24, 2.45) is 0 Å². The van der Waals surface area contributed by atoms with Crippen molar-refractivity contribution in [3.8, 4) is 5.75 Å². The minimum atomic E-state index is -0.775. The highest BCUT2D eigenvalue weighted by atomic mass is 79.9. The number of para-hydroxylation sites is 2. The number of amides is 2. The maximum absolute atomic E-state index is 13.8. The minimum absolute atomic E-state index is 0.0651. The van der Waals surface area contributed by atoms with E-state index in [1.54, 1.807) is 24.1 Å². The lowest BCUT2D eigenvalue weighted by Gasteiger charge is -2.41. The van der Waals surface area contributed by atoms with E-state index >= 15 is 0 Å². The summed E-state index contributed by atoms with van der Waals surface area (Å²) in [7, 11) is 1.56. The van der Waals surface area contributed by atoms with Crippen molar-refractivity contribution in [2.75, 3.05) is 23.5 Å². The van der Waals surface area contributed by atoms with Crippen LogP contribution >= 0.6 is 15.9 Å². The smallest absolute Gasteiger partial charge is 0.255 e. The fraction of sp³-hybridized carbons (Fsp3) is 0.154. The number of nitrogens with zero attached hydrogens (tertiary/aromatic N) is 2. The number of hydrogen-bond donors (Lipinski definition) is 0. The zero-order valence-electron chi connectivity index (χ0n) is 17.9. The van der Waals surface area contributed by atoms with Gasteiger partial charge < -0.3 is 4.74 Å². The van der Waals surface area contributed by atoms with Gasteiger partial charge in [0.2, 0.25) is 5.91 Å². The first-order valence-electron chi connectivity index (χ1n) is 10.2. The van der Waals surface area contributed by atoms with E-state index in [4.69, 9.17) is 4.74 Å². The standard InChI is InChI=1S/C26H23BrN2O3/c1-18(16-19-8-4-3-5-9-19)25-26(31)28(22-10-6-7-11-23(22)32-2)17-24(30)29(25)21-14-12-20(27)13-15-21/h3-16,25H,17H2,1-2H3/b18-16-/t25-/m0/s1. The quantitative estimate of drug-likeness (QED) is 0.486. The number of carbonyl (C=O) groups excluding carboxylic acids is 2. The number of anilines is 2. The van der Waals surface area contributed by atoms with Gasteiger partial charge in [0.05, 0.1) is 12.8 Å². The normalized spacial score (nSPS) is 17.0. The Labute approximate surface area is 196 Å². The molecule has 32 heavy (non-hydrogen) atoms. The maximum atomic E-state index is 13.8. The van der Waals surface area contributed by atoms with Gasteiger partial charge in [0, 0.05) is 10.2 Å². The molecule has 6 heteroatoms. The molecule has 4 rings (SSSR count). The van der Waals surface area contributed by atoms with Gasteiger partial charge in [-0.1, -0.05) is 64.5 Å². The lowest BCUT2D eigenvalue weighted by atomic mass is 9.98. The van der Waals surface area contributed by atoms with Crippen molar-refractivity contribution in [2.45, 2.75) is 13.0 Å². The number of benzene rings is 3. The molecule has 1 atom stereocenters. The summed E-state index contributed by atoms with van der Waals surface area (Å²) in [5.74, 6) is 0.208. The average Bonchev–Trinajstić information content (AvgIpc) is 2.81. The summed E-state index contributed by atoms with van der Waals surface area (Å²) in [5, 5.41) is 0. The van der Waals surface area contributed by atoms with E-state index in [0.717, 1.165) is 15.6 Å². The molecule has 0 radical (unpaired) electrons. The van der Waals surface area contributed by atoms with Crippen LogP contribution in [0.4, 0.5) is 11.4 Å². The Hall–Kier alpha value is -3.38. The first-order chi connectivity index (χ1) is 15.5. The third-order valence-electron chi connectivity index (χ3n) is 5.43. The molecule has 0 saturated carbocycles. The topological polar surface area (TPSA) is 49.9 Å². The van der Waals surface area contributed by atoms with E-state index < -0.39 is 6.04 Å². The summed E-state index contributed by atoms with van der Waals surface area (Å²) in [6, 6.07) is 23.7. The molecule has 1 aliphatic rings. The number of piperazine rings is 1. The highest BCUT2D eigenvalue weighted by Crippen LogP contribution is 2.34. The van der Waals surface area contributed by atoms with E-state index in [2.05, 4.69) is 15.9 Å². The summed E-state index contributed by atoms with van der Waals surface area (Å²) in [5.41, 5.74) is 3.01. The SMILES string of the molecule is COc1ccccc1N1CC(=O)N(c2ccc(Br)cc2)[C@@H](/C(C)=C\c2ccccc2)C1=O. The fourth-order valence-corrected chi connectivity index (χ4v) is 4.20. The molecule has 0 unspecified atom stereocenters. The van der Waals surface area contributed by atoms with Crippen LogP contribution in [0, 0.1) is 0 Å². The molecule has 1 heterocycles. The second-order valence-corrected chi connectivity index (χ2v) is 8.45. The molecular formula is C26H23BrN2O3. The van der Waals surface area contributed by atoms with Crippen molar-refractivity contribution >= 4 is 45.2 Å². The van der Waals surface area contributed by atoms with Crippen LogP contribution in [0.2, 0.25) is 0 Å². The lowest BCUT2D eigenvalue weighted by Crippen LogP contribution is -2.61. The molecule has 1 saturated heterocycles. The van der Waals surface area contributed by atoms with Gasteiger partial charge in [-0.05, 0) is 54.5 Å². The predicted octanol–water partition coefficient (Wildman–Crippen LogP) is 5.31. The number of ether oxygens (including phenoxy) is 1. The Morgan fingerprint density at radius 1 is 0.969 bits per heavy atom. The van der Waals surface area contributed by atoms with Gasteiger partial charge in [0.1, 0.15) is 18.3 Å². The zero-order chi connectivity index (χ0) is 22.7. The Balaban J connectivity index is 1.81. The monoisotopic (exact) mass is 490 g/mol. The summed E-state index contributed by atoms with van der Waals surface area (Å²) in [4.78, 5) is 30.4. The van der Waals surface area contributed by atoms with E-state index in [1.165, 1.54) is 4.90 Å². The second kappa shape index (κ2) is 9.40. The number of rotatable bonds is 5. The molecule has 0 aromatic heterocycles. The Morgan fingerprint density at radius 3 is 2.31 bits per heavy atom. The molecule has 0 aliphatic carbocycles. The van der Waals surface area contributed by atoms with Crippen LogP contribution < -0.4 is 14.5 Å². The minimum Gasteiger partial charge on any atom is -0.495 e. The van der Waals surface area contributed by atoms with Crippen molar-refractivity contribution in [3.05, 3.63) is 94.5 Å². The molecule has 0 N–H and O–H groups in total.